The summed E-state index contributed by atoms with van der Waals surface area (Å²) in [5.74, 6) is 0. The molecule has 0 saturated carbocycles. The van der Waals surface area contributed by atoms with Crippen molar-refractivity contribution in [3.63, 3.8) is 0 Å². The number of sulfone groups is 1. The van der Waals surface area contributed by atoms with E-state index in [1.165, 1.54) is 19.1 Å². The first-order valence-corrected chi connectivity index (χ1v) is 7.87. The quantitative estimate of drug-likeness (QED) is 0.812. The average Bonchev–Trinajstić information content (AvgIpc) is 2.58. The van der Waals surface area contributed by atoms with Crippen LogP contribution in [-0.4, -0.2) is 26.8 Å². The highest BCUT2D eigenvalue weighted by Crippen LogP contribution is 2.30. The normalized spacial score (nSPS) is 25.2. The molecule has 0 N–H and O–H groups in total. The summed E-state index contributed by atoms with van der Waals surface area (Å²) >= 11 is 0. The molecule has 1 saturated heterocycles. The van der Waals surface area contributed by atoms with Crippen molar-refractivity contribution in [2.24, 2.45) is 0 Å². The Labute approximate surface area is 103 Å². The van der Waals surface area contributed by atoms with Gasteiger partial charge >= 0.3 is 0 Å². The fourth-order valence-electron chi connectivity index (χ4n) is 2.57. The zero-order chi connectivity index (χ0) is 12.6. The minimum Gasteiger partial charge on any atom is -0.366 e. The van der Waals surface area contributed by atoms with Crippen LogP contribution >= 0.6 is 0 Å². The molecule has 2 atom stereocenters. The molecule has 0 bridgehead atoms. The highest BCUT2D eigenvalue weighted by molar-refractivity contribution is 7.90. The largest absolute Gasteiger partial charge is 0.366 e. The van der Waals surface area contributed by atoms with Crippen LogP contribution in [0.25, 0.3) is 0 Å². The van der Waals surface area contributed by atoms with Crippen LogP contribution in [0.15, 0.2) is 29.2 Å². The fraction of sp³-hybridized carbons (Fsp3) is 0.538. The Morgan fingerprint density at radius 3 is 1.94 bits per heavy atom. The molecular weight excluding hydrogens is 234 g/mol. The molecule has 0 amide bonds. The van der Waals surface area contributed by atoms with Crippen LogP contribution in [0.5, 0.6) is 0 Å². The van der Waals surface area contributed by atoms with Gasteiger partial charge in [-0.15, -0.1) is 0 Å². The zero-order valence-corrected chi connectivity index (χ0v) is 11.4. The first-order chi connectivity index (χ1) is 7.89. The molecule has 1 aliphatic rings. The van der Waals surface area contributed by atoms with Gasteiger partial charge in [-0.3, -0.25) is 0 Å². The number of hydrogen-bond donors (Lipinski definition) is 0. The maximum atomic E-state index is 11.4. The van der Waals surface area contributed by atoms with Crippen molar-refractivity contribution in [1.82, 2.24) is 0 Å². The van der Waals surface area contributed by atoms with Crippen LogP contribution in [0.2, 0.25) is 0 Å². The van der Waals surface area contributed by atoms with Crippen LogP contribution in [0.1, 0.15) is 26.7 Å². The van der Waals surface area contributed by atoms with Crippen molar-refractivity contribution in [3.05, 3.63) is 24.3 Å². The van der Waals surface area contributed by atoms with E-state index in [0.717, 1.165) is 5.69 Å². The fourth-order valence-corrected chi connectivity index (χ4v) is 3.20. The minimum atomic E-state index is -3.09. The van der Waals surface area contributed by atoms with Gasteiger partial charge in [0.25, 0.3) is 0 Å². The van der Waals surface area contributed by atoms with Crippen LogP contribution in [-0.2, 0) is 9.84 Å². The smallest absolute Gasteiger partial charge is 0.175 e. The lowest BCUT2D eigenvalue weighted by atomic mass is 10.2. The lowest BCUT2D eigenvalue weighted by Gasteiger charge is -2.28. The summed E-state index contributed by atoms with van der Waals surface area (Å²) in [5.41, 5.74) is 1.12. The molecule has 0 spiro atoms. The van der Waals surface area contributed by atoms with Crippen molar-refractivity contribution in [2.45, 2.75) is 43.7 Å². The highest BCUT2D eigenvalue weighted by atomic mass is 32.2. The van der Waals surface area contributed by atoms with E-state index in [-0.39, 0.29) is 0 Å². The summed E-state index contributed by atoms with van der Waals surface area (Å²) < 4.78 is 22.8. The van der Waals surface area contributed by atoms with Gasteiger partial charge in [-0.25, -0.2) is 8.42 Å². The number of anilines is 1. The molecule has 2 unspecified atom stereocenters. The third-order valence-corrected chi connectivity index (χ3v) is 4.64. The third-order valence-electron chi connectivity index (χ3n) is 3.51. The van der Waals surface area contributed by atoms with Gasteiger partial charge in [-0.1, -0.05) is 0 Å². The molecule has 17 heavy (non-hydrogen) atoms. The van der Waals surface area contributed by atoms with E-state index in [1.807, 2.05) is 12.1 Å². The van der Waals surface area contributed by atoms with Crippen LogP contribution in [0.4, 0.5) is 5.69 Å². The lowest BCUT2D eigenvalue weighted by molar-refractivity contribution is 0.602. The van der Waals surface area contributed by atoms with E-state index in [1.54, 1.807) is 12.1 Å². The standard InChI is InChI=1S/C13H19NO2S/c1-10-4-5-11(2)14(10)12-6-8-13(9-7-12)17(3,15)16/h6-11H,4-5H2,1-3H3. The molecule has 4 heteroatoms. The van der Waals surface area contributed by atoms with Gasteiger partial charge in [0, 0.05) is 24.0 Å². The minimum absolute atomic E-state index is 0.390. The van der Waals surface area contributed by atoms with Crippen molar-refractivity contribution in [1.29, 1.82) is 0 Å². The second-order valence-electron chi connectivity index (χ2n) is 4.95. The number of benzene rings is 1. The second-order valence-corrected chi connectivity index (χ2v) is 6.96. The van der Waals surface area contributed by atoms with Gasteiger partial charge in [0.15, 0.2) is 9.84 Å². The molecule has 0 radical (unpaired) electrons. The molecule has 1 heterocycles. The monoisotopic (exact) mass is 253 g/mol. The first-order valence-electron chi connectivity index (χ1n) is 5.98. The number of rotatable bonds is 2. The van der Waals surface area contributed by atoms with Gasteiger partial charge in [0.1, 0.15) is 0 Å². The van der Waals surface area contributed by atoms with Gasteiger partial charge in [-0.2, -0.15) is 0 Å². The molecule has 0 aliphatic carbocycles. The Bertz CT molecular complexity index is 483. The highest BCUT2D eigenvalue weighted by Gasteiger charge is 2.27. The van der Waals surface area contributed by atoms with E-state index < -0.39 is 9.84 Å². The Morgan fingerprint density at radius 1 is 1.06 bits per heavy atom. The zero-order valence-electron chi connectivity index (χ0n) is 10.6. The van der Waals surface area contributed by atoms with Gasteiger partial charge in [-0.05, 0) is 51.0 Å². The van der Waals surface area contributed by atoms with E-state index in [2.05, 4.69) is 18.7 Å². The van der Waals surface area contributed by atoms with E-state index >= 15 is 0 Å². The van der Waals surface area contributed by atoms with E-state index in [0.29, 0.717) is 17.0 Å². The van der Waals surface area contributed by atoms with Gasteiger partial charge in [0.2, 0.25) is 0 Å². The molecule has 0 aromatic heterocycles. The van der Waals surface area contributed by atoms with E-state index in [9.17, 15) is 8.42 Å². The number of nitrogens with zero attached hydrogens (tertiary/aromatic N) is 1. The predicted molar refractivity (Wildman–Crippen MR) is 70.2 cm³/mol. The molecule has 3 nitrogen and oxygen atoms in total. The molecule has 2 rings (SSSR count). The second kappa shape index (κ2) is 4.33. The van der Waals surface area contributed by atoms with Crippen LogP contribution in [0.3, 0.4) is 0 Å². The molecular formula is C13H19NO2S. The summed E-state index contributed by atoms with van der Waals surface area (Å²) in [6.07, 6.45) is 3.65. The lowest BCUT2D eigenvalue weighted by Crippen LogP contribution is -2.32. The Hall–Kier alpha value is -1.03. The maximum absolute atomic E-state index is 11.4. The maximum Gasteiger partial charge on any atom is 0.175 e. The van der Waals surface area contributed by atoms with Crippen molar-refractivity contribution >= 4 is 15.5 Å². The van der Waals surface area contributed by atoms with E-state index in [4.69, 9.17) is 0 Å². The van der Waals surface area contributed by atoms with Gasteiger partial charge in [0.05, 0.1) is 4.90 Å². The summed E-state index contributed by atoms with van der Waals surface area (Å²) in [6.45, 7) is 4.43. The predicted octanol–water partition coefficient (Wildman–Crippen LogP) is 2.47. The Morgan fingerprint density at radius 2 is 1.53 bits per heavy atom. The summed E-state index contributed by atoms with van der Waals surface area (Å²) in [6, 6.07) is 8.29. The topological polar surface area (TPSA) is 37.4 Å². The molecule has 1 aromatic carbocycles. The van der Waals surface area contributed by atoms with Crippen LogP contribution in [0, 0.1) is 0 Å². The van der Waals surface area contributed by atoms with Gasteiger partial charge < -0.3 is 4.90 Å². The van der Waals surface area contributed by atoms with Crippen molar-refractivity contribution in [2.75, 3.05) is 11.2 Å². The average molecular weight is 253 g/mol. The molecule has 1 fully saturated rings. The molecule has 94 valence electrons. The first kappa shape index (κ1) is 12.4. The Balaban J connectivity index is 2.30. The molecule has 1 aliphatic heterocycles. The number of hydrogen-bond acceptors (Lipinski definition) is 3. The van der Waals surface area contributed by atoms with Crippen molar-refractivity contribution in [3.8, 4) is 0 Å². The third kappa shape index (κ3) is 2.46. The summed E-state index contributed by atoms with van der Waals surface area (Å²) in [4.78, 5) is 2.76. The summed E-state index contributed by atoms with van der Waals surface area (Å²) in [7, 11) is -3.09. The summed E-state index contributed by atoms with van der Waals surface area (Å²) in [5, 5.41) is 0. The van der Waals surface area contributed by atoms with Crippen LogP contribution < -0.4 is 4.90 Å². The van der Waals surface area contributed by atoms with Crippen molar-refractivity contribution < 1.29 is 8.42 Å². The molecule has 1 aromatic rings. The Kier molecular flexibility index (Phi) is 3.17. The SMILES string of the molecule is CC1CCC(C)N1c1ccc(S(C)(=O)=O)cc1.